The summed E-state index contributed by atoms with van der Waals surface area (Å²) in [5.74, 6) is 0.701. The second-order valence-electron chi connectivity index (χ2n) is 4.84. The molecule has 108 valence electrons. The fourth-order valence-electron chi connectivity index (χ4n) is 1.59. The van der Waals surface area contributed by atoms with E-state index in [0.717, 1.165) is 18.5 Å². The minimum atomic E-state index is -0.342. The smallest absolute Gasteiger partial charge is 0.218 e. The number of ether oxygens (including phenoxy) is 2. The molecule has 1 N–H and O–H groups in total. The molecule has 0 fully saturated rings. The van der Waals surface area contributed by atoms with Crippen LogP contribution in [0.15, 0.2) is 12.3 Å². The molecule has 0 amide bonds. The van der Waals surface area contributed by atoms with Gasteiger partial charge in [-0.25, -0.2) is 9.37 Å². The number of methoxy groups -OCH3 is 1. The van der Waals surface area contributed by atoms with Gasteiger partial charge in [-0.15, -0.1) is 0 Å². The molecule has 0 aliphatic rings. The maximum absolute atomic E-state index is 13.2. The standard InChI is InChI=1S/C14H23FN2O2/c1-11(2)8-16-9-12-7-13(15)10-17-14(12)19-6-4-5-18-3/h7,10-11,16H,4-6,8-9H2,1-3H3. The van der Waals surface area contributed by atoms with Crippen molar-refractivity contribution in [2.75, 3.05) is 26.9 Å². The monoisotopic (exact) mass is 270 g/mol. The number of halogens is 1. The van der Waals surface area contributed by atoms with Crippen LogP contribution >= 0.6 is 0 Å². The first-order valence-corrected chi connectivity index (χ1v) is 6.60. The van der Waals surface area contributed by atoms with Crippen LogP contribution in [-0.2, 0) is 11.3 Å². The lowest BCUT2D eigenvalue weighted by Crippen LogP contribution is -2.20. The van der Waals surface area contributed by atoms with Gasteiger partial charge in [0, 0.05) is 32.2 Å². The van der Waals surface area contributed by atoms with E-state index in [2.05, 4.69) is 24.1 Å². The van der Waals surface area contributed by atoms with E-state index >= 15 is 0 Å². The Labute approximate surface area is 114 Å². The van der Waals surface area contributed by atoms with Gasteiger partial charge in [-0.2, -0.15) is 0 Å². The predicted molar refractivity (Wildman–Crippen MR) is 72.7 cm³/mol. The summed E-state index contributed by atoms with van der Waals surface area (Å²) >= 11 is 0. The van der Waals surface area contributed by atoms with Crippen LogP contribution in [-0.4, -0.2) is 31.9 Å². The number of hydrogen-bond acceptors (Lipinski definition) is 4. The fourth-order valence-corrected chi connectivity index (χ4v) is 1.59. The van der Waals surface area contributed by atoms with Gasteiger partial charge < -0.3 is 14.8 Å². The van der Waals surface area contributed by atoms with Gasteiger partial charge in [-0.05, 0) is 18.5 Å². The van der Waals surface area contributed by atoms with E-state index < -0.39 is 0 Å². The number of nitrogens with one attached hydrogen (secondary N) is 1. The third-order valence-corrected chi connectivity index (χ3v) is 2.49. The number of nitrogens with zero attached hydrogens (tertiary/aromatic N) is 1. The number of rotatable bonds is 9. The molecule has 0 saturated carbocycles. The van der Waals surface area contributed by atoms with Crippen LogP contribution in [0, 0.1) is 11.7 Å². The minimum Gasteiger partial charge on any atom is -0.477 e. The van der Waals surface area contributed by atoms with Crippen molar-refractivity contribution in [1.29, 1.82) is 0 Å². The largest absolute Gasteiger partial charge is 0.477 e. The SMILES string of the molecule is COCCCOc1ncc(F)cc1CNCC(C)C. The number of pyridine rings is 1. The number of aromatic nitrogens is 1. The van der Waals surface area contributed by atoms with Crippen molar-refractivity contribution in [3.63, 3.8) is 0 Å². The van der Waals surface area contributed by atoms with E-state index in [0.29, 0.717) is 31.6 Å². The summed E-state index contributed by atoms with van der Waals surface area (Å²) in [5.41, 5.74) is 0.748. The molecule has 0 aromatic carbocycles. The highest BCUT2D eigenvalue weighted by atomic mass is 19.1. The second kappa shape index (κ2) is 8.82. The summed E-state index contributed by atoms with van der Waals surface area (Å²) in [4.78, 5) is 4.00. The molecule has 1 rings (SSSR count). The summed E-state index contributed by atoms with van der Waals surface area (Å²) < 4.78 is 23.7. The van der Waals surface area contributed by atoms with Gasteiger partial charge >= 0.3 is 0 Å². The van der Waals surface area contributed by atoms with Crippen molar-refractivity contribution in [3.8, 4) is 5.88 Å². The first kappa shape index (κ1) is 15.9. The van der Waals surface area contributed by atoms with Crippen LogP contribution in [0.4, 0.5) is 4.39 Å². The molecule has 0 aliphatic carbocycles. The lowest BCUT2D eigenvalue weighted by molar-refractivity contribution is 0.170. The molecule has 0 unspecified atom stereocenters. The molecule has 4 nitrogen and oxygen atoms in total. The van der Waals surface area contributed by atoms with Gasteiger partial charge in [0.25, 0.3) is 0 Å². The van der Waals surface area contributed by atoms with Gasteiger partial charge in [0.15, 0.2) is 0 Å². The van der Waals surface area contributed by atoms with Gasteiger partial charge in [0.1, 0.15) is 5.82 Å². The molecule has 0 aliphatic heterocycles. The lowest BCUT2D eigenvalue weighted by atomic mass is 10.2. The molecular weight excluding hydrogens is 247 g/mol. The van der Waals surface area contributed by atoms with Crippen molar-refractivity contribution in [2.24, 2.45) is 5.92 Å². The Hall–Kier alpha value is -1.20. The molecule has 0 radical (unpaired) electrons. The van der Waals surface area contributed by atoms with E-state index in [9.17, 15) is 4.39 Å². The van der Waals surface area contributed by atoms with E-state index in [-0.39, 0.29) is 5.82 Å². The third-order valence-electron chi connectivity index (χ3n) is 2.49. The summed E-state index contributed by atoms with van der Waals surface area (Å²) in [6.07, 6.45) is 1.96. The molecule has 1 aromatic rings. The molecule has 19 heavy (non-hydrogen) atoms. The summed E-state index contributed by atoms with van der Waals surface area (Å²) in [5, 5.41) is 3.26. The van der Waals surface area contributed by atoms with Crippen molar-refractivity contribution in [2.45, 2.75) is 26.8 Å². The topological polar surface area (TPSA) is 43.4 Å². The van der Waals surface area contributed by atoms with Gasteiger partial charge in [0.2, 0.25) is 5.88 Å². The Morgan fingerprint density at radius 1 is 1.37 bits per heavy atom. The van der Waals surface area contributed by atoms with Gasteiger partial charge in [0.05, 0.1) is 12.8 Å². The molecular formula is C14H23FN2O2. The molecule has 0 spiro atoms. The zero-order chi connectivity index (χ0) is 14.1. The Morgan fingerprint density at radius 3 is 2.84 bits per heavy atom. The van der Waals surface area contributed by atoms with Crippen LogP contribution in [0.1, 0.15) is 25.8 Å². The first-order valence-electron chi connectivity index (χ1n) is 6.60. The van der Waals surface area contributed by atoms with Crippen LogP contribution < -0.4 is 10.1 Å². The van der Waals surface area contributed by atoms with Crippen LogP contribution in [0.5, 0.6) is 5.88 Å². The maximum Gasteiger partial charge on any atom is 0.218 e. The second-order valence-corrected chi connectivity index (χ2v) is 4.84. The zero-order valence-corrected chi connectivity index (χ0v) is 11.9. The van der Waals surface area contributed by atoms with Crippen molar-refractivity contribution < 1.29 is 13.9 Å². The highest BCUT2D eigenvalue weighted by Gasteiger charge is 2.07. The van der Waals surface area contributed by atoms with Gasteiger partial charge in [-0.3, -0.25) is 0 Å². The molecule has 1 aromatic heterocycles. The lowest BCUT2D eigenvalue weighted by Gasteiger charge is -2.12. The average Bonchev–Trinajstić information content (AvgIpc) is 2.36. The van der Waals surface area contributed by atoms with Crippen molar-refractivity contribution in [1.82, 2.24) is 10.3 Å². The Bertz CT molecular complexity index is 372. The predicted octanol–water partition coefficient (Wildman–Crippen LogP) is 2.38. The maximum atomic E-state index is 13.2. The van der Waals surface area contributed by atoms with Gasteiger partial charge in [-0.1, -0.05) is 13.8 Å². The quantitative estimate of drug-likeness (QED) is 0.700. The van der Waals surface area contributed by atoms with E-state index in [1.54, 1.807) is 7.11 Å². The molecule has 5 heteroatoms. The fraction of sp³-hybridized carbons (Fsp3) is 0.643. The molecule has 1 heterocycles. The third kappa shape index (κ3) is 6.50. The summed E-state index contributed by atoms with van der Waals surface area (Å²) in [6, 6.07) is 1.46. The Balaban J connectivity index is 2.53. The van der Waals surface area contributed by atoms with Crippen LogP contribution in [0.3, 0.4) is 0 Å². The summed E-state index contributed by atoms with van der Waals surface area (Å²) in [6.45, 7) is 6.84. The summed E-state index contributed by atoms with van der Waals surface area (Å²) in [7, 11) is 1.65. The van der Waals surface area contributed by atoms with E-state index in [1.807, 2.05) is 0 Å². The van der Waals surface area contributed by atoms with E-state index in [4.69, 9.17) is 9.47 Å². The Morgan fingerprint density at radius 2 is 2.16 bits per heavy atom. The highest BCUT2D eigenvalue weighted by molar-refractivity contribution is 5.26. The Kier molecular flexibility index (Phi) is 7.36. The first-order chi connectivity index (χ1) is 9.13. The zero-order valence-electron chi connectivity index (χ0n) is 11.9. The molecule has 0 saturated heterocycles. The minimum absolute atomic E-state index is 0.342. The normalized spacial score (nSPS) is 11.0. The van der Waals surface area contributed by atoms with Crippen molar-refractivity contribution in [3.05, 3.63) is 23.6 Å². The van der Waals surface area contributed by atoms with Crippen molar-refractivity contribution >= 4 is 0 Å². The van der Waals surface area contributed by atoms with E-state index in [1.165, 1.54) is 12.3 Å². The number of hydrogen-bond donors (Lipinski definition) is 1. The average molecular weight is 270 g/mol. The molecule has 0 bridgehead atoms. The highest BCUT2D eigenvalue weighted by Crippen LogP contribution is 2.16. The van der Waals surface area contributed by atoms with Crippen LogP contribution in [0.25, 0.3) is 0 Å². The molecule has 0 atom stereocenters. The van der Waals surface area contributed by atoms with Crippen LogP contribution in [0.2, 0.25) is 0 Å².